The van der Waals surface area contributed by atoms with Gasteiger partial charge in [0.2, 0.25) is 0 Å². The van der Waals surface area contributed by atoms with Gasteiger partial charge in [-0.05, 0) is 52.8 Å². The first-order valence-electron chi connectivity index (χ1n) is 11.4. The molecule has 1 aliphatic rings. The van der Waals surface area contributed by atoms with Crippen molar-refractivity contribution in [3.05, 3.63) is 71.4 Å². The number of hydrogen-bond donors (Lipinski definition) is 1. The first kappa shape index (κ1) is 22.7. The van der Waals surface area contributed by atoms with Crippen molar-refractivity contribution in [3.63, 3.8) is 0 Å². The Hall–Kier alpha value is -2.47. The normalized spacial score (nSPS) is 19.2. The van der Waals surface area contributed by atoms with Gasteiger partial charge < -0.3 is 19.5 Å². The molecule has 1 fully saturated rings. The number of aromatic nitrogens is 1. The van der Waals surface area contributed by atoms with Gasteiger partial charge in [-0.1, -0.05) is 45.0 Å². The summed E-state index contributed by atoms with van der Waals surface area (Å²) in [5, 5.41) is 4.68. The van der Waals surface area contributed by atoms with E-state index in [9.17, 15) is 0 Å². The molecule has 3 aromatic rings. The Morgan fingerprint density at radius 2 is 1.78 bits per heavy atom. The molecular weight excluding hydrogens is 400 g/mol. The molecule has 0 atom stereocenters. The fourth-order valence-corrected chi connectivity index (χ4v) is 4.01. The fourth-order valence-electron chi connectivity index (χ4n) is 4.01. The molecule has 0 aliphatic carbocycles. The smallest absolute Gasteiger partial charge is 0.158 e. The van der Waals surface area contributed by atoms with Gasteiger partial charge in [-0.2, -0.15) is 0 Å². The van der Waals surface area contributed by atoms with Gasteiger partial charge >= 0.3 is 0 Å². The standard InChI is InChI=1S/C27H34N2O3/c1-27(2,3)21-8-5-19(6-9-21)16-29-22-17-31-26(32-18-22)12-7-20-13-14-28-25-11-10-23(30-4)15-24(20)25/h5-6,8-11,13-15,22,26,29H,7,12,16-18H2,1-4H3. The van der Waals surface area contributed by atoms with Crippen molar-refractivity contribution < 1.29 is 14.2 Å². The highest BCUT2D eigenvalue weighted by Gasteiger charge is 2.22. The molecule has 2 aromatic carbocycles. The number of pyridine rings is 1. The molecule has 5 heteroatoms. The zero-order valence-corrected chi connectivity index (χ0v) is 19.6. The third kappa shape index (κ3) is 5.66. The Kier molecular flexibility index (Phi) is 7.09. The van der Waals surface area contributed by atoms with Crippen LogP contribution in [0.1, 0.15) is 43.9 Å². The SMILES string of the molecule is COc1ccc2nccc(CCC3OCC(NCc4ccc(C(C)(C)C)cc4)CO3)c2c1. The fraction of sp³-hybridized carbons (Fsp3) is 0.444. The number of benzene rings is 2. The van der Waals surface area contributed by atoms with Crippen LogP contribution in [0.2, 0.25) is 0 Å². The van der Waals surface area contributed by atoms with Crippen molar-refractivity contribution in [1.82, 2.24) is 10.3 Å². The van der Waals surface area contributed by atoms with E-state index in [1.54, 1.807) is 7.11 Å². The lowest BCUT2D eigenvalue weighted by molar-refractivity contribution is -0.192. The molecule has 1 aromatic heterocycles. The minimum absolute atomic E-state index is 0.173. The van der Waals surface area contributed by atoms with Crippen LogP contribution < -0.4 is 10.1 Å². The number of nitrogens with zero attached hydrogens (tertiary/aromatic N) is 1. The van der Waals surface area contributed by atoms with Gasteiger partial charge in [0, 0.05) is 24.5 Å². The molecule has 5 nitrogen and oxygen atoms in total. The van der Waals surface area contributed by atoms with Crippen LogP contribution in [-0.2, 0) is 27.9 Å². The molecular formula is C27H34N2O3. The Morgan fingerprint density at radius 1 is 1.03 bits per heavy atom. The topological polar surface area (TPSA) is 52.6 Å². The first-order chi connectivity index (χ1) is 15.4. The molecule has 170 valence electrons. The molecule has 1 aliphatic heterocycles. The lowest BCUT2D eigenvalue weighted by atomic mass is 9.87. The van der Waals surface area contributed by atoms with Gasteiger partial charge in [0.1, 0.15) is 5.75 Å². The minimum Gasteiger partial charge on any atom is -0.497 e. The minimum atomic E-state index is -0.173. The number of fused-ring (bicyclic) bond motifs is 1. The Bertz CT molecular complexity index is 1020. The molecule has 0 radical (unpaired) electrons. The highest BCUT2D eigenvalue weighted by molar-refractivity contribution is 5.83. The zero-order valence-electron chi connectivity index (χ0n) is 19.6. The van der Waals surface area contributed by atoms with Gasteiger partial charge in [0.15, 0.2) is 6.29 Å². The quantitative estimate of drug-likeness (QED) is 0.567. The summed E-state index contributed by atoms with van der Waals surface area (Å²) in [4.78, 5) is 4.46. The van der Waals surface area contributed by atoms with E-state index in [2.05, 4.69) is 61.4 Å². The van der Waals surface area contributed by atoms with Crippen LogP contribution in [0.15, 0.2) is 54.7 Å². The van der Waals surface area contributed by atoms with Gasteiger partial charge in [-0.25, -0.2) is 0 Å². The summed E-state index contributed by atoms with van der Waals surface area (Å²) in [7, 11) is 1.69. The van der Waals surface area contributed by atoms with Crippen molar-refractivity contribution in [2.75, 3.05) is 20.3 Å². The monoisotopic (exact) mass is 434 g/mol. The molecule has 1 saturated heterocycles. The van der Waals surface area contributed by atoms with E-state index in [4.69, 9.17) is 14.2 Å². The van der Waals surface area contributed by atoms with Crippen LogP contribution in [-0.4, -0.2) is 37.6 Å². The van der Waals surface area contributed by atoms with E-state index in [1.807, 2.05) is 24.4 Å². The van der Waals surface area contributed by atoms with Crippen molar-refractivity contribution in [2.45, 2.75) is 57.9 Å². The summed E-state index contributed by atoms with van der Waals surface area (Å²) >= 11 is 0. The number of nitrogens with one attached hydrogen (secondary N) is 1. The third-order valence-corrected chi connectivity index (χ3v) is 6.07. The molecule has 0 saturated carbocycles. The molecule has 0 unspecified atom stereocenters. The van der Waals surface area contributed by atoms with Crippen molar-refractivity contribution in [2.24, 2.45) is 0 Å². The lowest BCUT2D eigenvalue weighted by Gasteiger charge is -2.30. The van der Waals surface area contributed by atoms with Crippen LogP contribution in [0.3, 0.4) is 0 Å². The predicted octanol–water partition coefficient (Wildman–Crippen LogP) is 5.00. The summed E-state index contributed by atoms with van der Waals surface area (Å²) in [6.07, 6.45) is 3.38. The van der Waals surface area contributed by atoms with Crippen LogP contribution in [0.5, 0.6) is 5.75 Å². The summed E-state index contributed by atoms with van der Waals surface area (Å²) < 4.78 is 17.4. The summed E-state index contributed by atoms with van der Waals surface area (Å²) in [6, 6.07) is 17.1. The van der Waals surface area contributed by atoms with E-state index in [1.165, 1.54) is 16.7 Å². The average Bonchev–Trinajstić information content (AvgIpc) is 2.81. The first-order valence-corrected chi connectivity index (χ1v) is 11.4. The summed E-state index contributed by atoms with van der Waals surface area (Å²) in [5.41, 5.74) is 5.03. The second-order valence-corrected chi connectivity index (χ2v) is 9.51. The maximum absolute atomic E-state index is 6.00. The van der Waals surface area contributed by atoms with Crippen LogP contribution in [0.25, 0.3) is 10.9 Å². The van der Waals surface area contributed by atoms with Crippen LogP contribution in [0.4, 0.5) is 0 Å². The number of hydrogen-bond acceptors (Lipinski definition) is 5. The van der Waals surface area contributed by atoms with Crippen molar-refractivity contribution in [1.29, 1.82) is 0 Å². The number of methoxy groups -OCH3 is 1. The van der Waals surface area contributed by atoms with E-state index in [0.717, 1.165) is 36.0 Å². The van der Waals surface area contributed by atoms with Crippen LogP contribution >= 0.6 is 0 Å². The zero-order chi connectivity index (χ0) is 22.6. The molecule has 32 heavy (non-hydrogen) atoms. The van der Waals surface area contributed by atoms with Crippen LogP contribution in [0, 0.1) is 0 Å². The van der Waals surface area contributed by atoms with Gasteiger partial charge in [0.05, 0.1) is 31.9 Å². The third-order valence-electron chi connectivity index (χ3n) is 6.07. The average molecular weight is 435 g/mol. The Morgan fingerprint density at radius 3 is 2.47 bits per heavy atom. The number of aryl methyl sites for hydroxylation is 1. The maximum atomic E-state index is 6.00. The van der Waals surface area contributed by atoms with Gasteiger partial charge in [-0.15, -0.1) is 0 Å². The summed E-state index contributed by atoms with van der Waals surface area (Å²) in [6.45, 7) is 8.85. The van der Waals surface area contributed by atoms with Gasteiger partial charge in [0.25, 0.3) is 0 Å². The largest absolute Gasteiger partial charge is 0.497 e. The van der Waals surface area contributed by atoms with Gasteiger partial charge in [-0.3, -0.25) is 4.98 Å². The Balaban J connectivity index is 1.24. The molecule has 4 rings (SSSR count). The molecule has 0 amide bonds. The second-order valence-electron chi connectivity index (χ2n) is 9.51. The van der Waals surface area contributed by atoms with E-state index < -0.39 is 0 Å². The van der Waals surface area contributed by atoms with Crippen molar-refractivity contribution >= 4 is 10.9 Å². The number of ether oxygens (including phenoxy) is 3. The number of rotatable bonds is 7. The molecule has 0 bridgehead atoms. The predicted molar refractivity (Wildman–Crippen MR) is 128 cm³/mol. The lowest BCUT2D eigenvalue weighted by Crippen LogP contribution is -2.44. The van der Waals surface area contributed by atoms with Crippen molar-refractivity contribution in [3.8, 4) is 5.75 Å². The molecule has 1 N–H and O–H groups in total. The highest BCUT2D eigenvalue weighted by atomic mass is 16.7. The summed E-state index contributed by atoms with van der Waals surface area (Å²) in [5.74, 6) is 0.846. The Labute approximate surface area is 191 Å². The second kappa shape index (κ2) is 9.99. The highest BCUT2D eigenvalue weighted by Crippen LogP contribution is 2.25. The van der Waals surface area contributed by atoms with E-state index in [0.29, 0.717) is 13.2 Å². The van der Waals surface area contributed by atoms with E-state index in [-0.39, 0.29) is 17.7 Å². The molecule has 2 heterocycles. The maximum Gasteiger partial charge on any atom is 0.158 e. The van der Waals surface area contributed by atoms with E-state index >= 15 is 0 Å². The molecule has 0 spiro atoms.